The number of likely N-dealkylation sites (tertiary alicyclic amines) is 1. The van der Waals surface area contributed by atoms with Crippen LogP contribution in [0.1, 0.15) is 70.8 Å². The smallest absolute Gasteiger partial charge is 0.309 e. The lowest BCUT2D eigenvalue weighted by molar-refractivity contribution is -0.157. The van der Waals surface area contributed by atoms with Gasteiger partial charge in [-0.1, -0.05) is 43.2 Å². The van der Waals surface area contributed by atoms with Gasteiger partial charge in [0.05, 0.1) is 12.1 Å². The molecule has 6 rings (SSSR count). The number of pyridine rings is 1. The minimum Gasteiger partial charge on any atom is -0.462 e. The summed E-state index contributed by atoms with van der Waals surface area (Å²) in [5, 5.41) is 0. The van der Waals surface area contributed by atoms with Gasteiger partial charge in [-0.3, -0.25) is 9.78 Å². The number of nitrogens with zero attached hydrogens (tertiary/aromatic N) is 2. The number of fused-ring (bicyclic) bond motifs is 5. The number of ether oxygens (including phenoxy) is 1. The highest BCUT2D eigenvalue weighted by atomic mass is 19.1. The minimum absolute atomic E-state index is 0.0287. The fourth-order valence-electron chi connectivity index (χ4n) is 8.21. The molecule has 5 aliphatic rings. The number of allylic oxidation sites excluding steroid dienone is 5. The van der Waals surface area contributed by atoms with Crippen molar-refractivity contribution in [1.29, 1.82) is 0 Å². The number of halogens is 1. The van der Waals surface area contributed by atoms with Crippen LogP contribution >= 0.6 is 0 Å². The molecule has 192 valence electrons. The highest BCUT2D eigenvalue weighted by Crippen LogP contribution is 2.64. The molecule has 1 aromatic rings. The van der Waals surface area contributed by atoms with Gasteiger partial charge in [0.1, 0.15) is 11.9 Å². The Morgan fingerprint density at radius 1 is 1.11 bits per heavy atom. The summed E-state index contributed by atoms with van der Waals surface area (Å²) < 4.78 is 20.1. The Morgan fingerprint density at radius 3 is 2.69 bits per heavy atom. The molecule has 5 atom stereocenters. The molecule has 0 bridgehead atoms. The van der Waals surface area contributed by atoms with E-state index >= 15 is 0 Å². The second-order valence-electron chi connectivity index (χ2n) is 12.4. The van der Waals surface area contributed by atoms with Gasteiger partial charge in [-0.05, 0) is 99.5 Å². The van der Waals surface area contributed by atoms with Gasteiger partial charge in [0, 0.05) is 18.0 Å². The van der Waals surface area contributed by atoms with E-state index in [9.17, 15) is 9.18 Å². The van der Waals surface area contributed by atoms with Gasteiger partial charge in [0.25, 0.3) is 0 Å². The standard InChI is InChI=1S/C31H39FN2O2/c1-30-12-8-24(36-29(35)20-10-14-34(3)15-11-20)17-22(30)4-5-25-27-7-6-26(21-16-23(32)19-33-18-21)31(27,2)13-9-28(25)30/h4,6-7,16,18-20,24-25,28H,5,8-15,17H2,1-3H3. The molecule has 5 heteroatoms. The van der Waals surface area contributed by atoms with Crippen LogP contribution < -0.4 is 0 Å². The van der Waals surface area contributed by atoms with Crippen molar-refractivity contribution in [2.45, 2.75) is 71.3 Å². The van der Waals surface area contributed by atoms with Crippen LogP contribution in [0.4, 0.5) is 4.39 Å². The molecule has 2 saturated carbocycles. The Hall–Kier alpha value is -2.27. The quantitative estimate of drug-likeness (QED) is 0.366. The molecule has 4 aliphatic carbocycles. The number of rotatable bonds is 3. The molecule has 1 aromatic heterocycles. The number of hydrogen-bond donors (Lipinski definition) is 0. The van der Waals surface area contributed by atoms with Crippen LogP contribution in [-0.4, -0.2) is 42.1 Å². The van der Waals surface area contributed by atoms with Crippen LogP contribution in [0.25, 0.3) is 5.57 Å². The largest absolute Gasteiger partial charge is 0.462 e. The number of piperidine rings is 1. The Bertz CT molecular complexity index is 1150. The summed E-state index contributed by atoms with van der Waals surface area (Å²) in [7, 11) is 2.12. The molecule has 0 amide bonds. The normalized spacial score (nSPS) is 36.7. The number of esters is 1. The Labute approximate surface area is 214 Å². The molecular formula is C31H39FN2O2. The molecule has 3 fully saturated rings. The zero-order valence-electron chi connectivity index (χ0n) is 21.9. The van der Waals surface area contributed by atoms with Gasteiger partial charge < -0.3 is 9.64 Å². The third-order valence-corrected chi connectivity index (χ3v) is 10.5. The van der Waals surface area contributed by atoms with Crippen LogP contribution in [0.2, 0.25) is 0 Å². The predicted molar refractivity (Wildman–Crippen MR) is 139 cm³/mol. The number of aromatic nitrogens is 1. The van der Waals surface area contributed by atoms with Gasteiger partial charge in [-0.25, -0.2) is 4.39 Å². The number of hydrogen-bond acceptors (Lipinski definition) is 4. The van der Waals surface area contributed by atoms with Crippen molar-refractivity contribution in [3.63, 3.8) is 0 Å². The minimum atomic E-state index is -0.273. The predicted octanol–water partition coefficient (Wildman–Crippen LogP) is 6.35. The third kappa shape index (κ3) is 3.89. The lowest BCUT2D eigenvalue weighted by atomic mass is 9.49. The summed E-state index contributed by atoms with van der Waals surface area (Å²) in [6, 6.07) is 1.63. The number of carbonyl (C=O) groups is 1. The maximum Gasteiger partial charge on any atom is 0.309 e. The molecule has 0 N–H and O–H groups in total. The van der Waals surface area contributed by atoms with E-state index in [4.69, 9.17) is 4.74 Å². The Morgan fingerprint density at radius 2 is 1.92 bits per heavy atom. The van der Waals surface area contributed by atoms with E-state index < -0.39 is 0 Å². The van der Waals surface area contributed by atoms with Crippen LogP contribution in [0.5, 0.6) is 0 Å². The SMILES string of the molecule is CN1CCC(C(=O)OC2CCC3(C)C(=CCC4C5=CC=C(c6cncc(F)c6)C5(C)CCC43)C2)CC1. The van der Waals surface area contributed by atoms with Gasteiger partial charge >= 0.3 is 5.97 Å². The molecule has 5 unspecified atom stereocenters. The Kier molecular flexibility index (Phi) is 5.98. The maximum atomic E-state index is 14.0. The topological polar surface area (TPSA) is 42.4 Å². The van der Waals surface area contributed by atoms with Crippen molar-refractivity contribution in [2.24, 2.45) is 28.6 Å². The maximum absolute atomic E-state index is 14.0. The lowest BCUT2D eigenvalue weighted by Gasteiger charge is -2.56. The first-order valence-electron chi connectivity index (χ1n) is 13.9. The first-order chi connectivity index (χ1) is 17.3. The molecule has 0 spiro atoms. The van der Waals surface area contributed by atoms with Crippen molar-refractivity contribution < 1.29 is 13.9 Å². The van der Waals surface area contributed by atoms with Gasteiger partial charge in [-0.15, -0.1) is 0 Å². The molecule has 0 radical (unpaired) electrons. The van der Waals surface area contributed by atoms with E-state index in [2.05, 4.69) is 49.0 Å². The zero-order valence-corrected chi connectivity index (χ0v) is 21.9. The van der Waals surface area contributed by atoms with Crippen LogP contribution in [0, 0.1) is 34.4 Å². The van der Waals surface area contributed by atoms with E-state index in [0.717, 1.165) is 63.6 Å². The molecular weight excluding hydrogens is 451 g/mol. The molecule has 2 heterocycles. The van der Waals surface area contributed by atoms with Crippen molar-refractivity contribution in [3.05, 3.63) is 59.2 Å². The second-order valence-corrected chi connectivity index (χ2v) is 12.4. The molecule has 1 aliphatic heterocycles. The van der Waals surface area contributed by atoms with E-state index in [-0.39, 0.29) is 34.6 Å². The molecule has 0 aromatic carbocycles. The summed E-state index contributed by atoms with van der Waals surface area (Å²) in [6.45, 7) is 6.78. The highest BCUT2D eigenvalue weighted by Gasteiger charge is 2.54. The fourth-order valence-corrected chi connectivity index (χ4v) is 8.21. The number of carbonyl (C=O) groups excluding carboxylic acids is 1. The summed E-state index contributed by atoms with van der Waals surface area (Å²) >= 11 is 0. The zero-order chi connectivity index (χ0) is 25.1. The third-order valence-electron chi connectivity index (χ3n) is 10.5. The van der Waals surface area contributed by atoms with Gasteiger partial charge in [-0.2, -0.15) is 0 Å². The van der Waals surface area contributed by atoms with Crippen molar-refractivity contribution in [1.82, 2.24) is 9.88 Å². The van der Waals surface area contributed by atoms with Gasteiger partial charge in [0.15, 0.2) is 0 Å². The summed E-state index contributed by atoms with van der Waals surface area (Å²) in [4.78, 5) is 19.3. The van der Waals surface area contributed by atoms with Crippen molar-refractivity contribution >= 4 is 11.5 Å². The van der Waals surface area contributed by atoms with Crippen LogP contribution in [0.15, 0.2) is 47.8 Å². The monoisotopic (exact) mass is 490 g/mol. The summed E-state index contributed by atoms with van der Waals surface area (Å²) in [6.07, 6.45) is 18.2. The molecule has 4 nitrogen and oxygen atoms in total. The van der Waals surface area contributed by atoms with Gasteiger partial charge in [0.2, 0.25) is 0 Å². The second kappa shape index (κ2) is 8.93. The lowest BCUT2D eigenvalue weighted by Crippen LogP contribution is -2.47. The fraction of sp³-hybridized carbons (Fsp3) is 0.613. The van der Waals surface area contributed by atoms with E-state index in [0.29, 0.717) is 11.8 Å². The van der Waals surface area contributed by atoms with E-state index in [1.165, 1.54) is 29.3 Å². The average molecular weight is 491 g/mol. The Balaban J connectivity index is 1.16. The summed E-state index contributed by atoms with van der Waals surface area (Å²) in [5.41, 5.74) is 5.29. The first kappa shape index (κ1) is 24.1. The van der Waals surface area contributed by atoms with Crippen molar-refractivity contribution in [3.8, 4) is 0 Å². The average Bonchev–Trinajstić information content (AvgIpc) is 3.22. The highest BCUT2D eigenvalue weighted by molar-refractivity contribution is 5.78. The first-order valence-corrected chi connectivity index (χ1v) is 13.9. The molecule has 1 saturated heterocycles. The van der Waals surface area contributed by atoms with E-state index in [1.807, 2.05) is 0 Å². The molecule has 36 heavy (non-hydrogen) atoms. The summed E-state index contributed by atoms with van der Waals surface area (Å²) in [5.74, 6) is 0.956. The van der Waals surface area contributed by atoms with Crippen LogP contribution in [0.3, 0.4) is 0 Å². The van der Waals surface area contributed by atoms with E-state index in [1.54, 1.807) is 12.3 Å². The van der Waals surface area contributed by atoms with Crippen LogP contribution in [-0.2, 0) is 9.53 Å². The van der Waals surface area contributed by atoms with Crippen molar-refractivity contribution in [2.75, 3.05) is 20.1 Å².